The number of hydrogen-bond acceptors (Lipinski definition) is 6. The summed E-state index contributed by atoms with van der Waals surface area (Å²) < 4.78 is 32.2. The van der Waals surface area contributed by atoms with Crippen LogP contribution in [0.25, 0.3) is 11.3 Å². The highest BCUT2D eigenvalue weighted by molar-refractivity contribution is 6.77. The number of aromatic nitrogens is 2. The minimum absolute atomic E-state index is 0.0153. The van der Waals surface area contributed by atoms with Gasteiger partial charge in [-0.05, 0) is 105 Å². The molecule has 8 rings (SSSR count). The van der Waals surface area contributed by atoms with Gasteiger partial charge >= 0.3 is 0 Å². The van der Waals surface area contributed by atoms with Crippen molar-refractivity contribution in [2.45, 2.75) is 87.9 Å². The molecule has 4 fully saturated rings. The van der Waals surface area contributed by atoms with Crippen molar-refractivity contribution in [1.82, 2.24) is 20.6 Å². The van der Waals surface area contributed by atoms with Gasteiger partial charge in [0.2, 0.25) is 5.91 Å². The second kappa shape index (κ2) is 14.2. The zero-order valence-electron chi connectivity index (χ0n) is 29.7. The van der Waals surface area contributed by atoms with Crippen LogP contribution in [0.15, 0.2) is 66.9 Å². The Balaban J connectivity index is 1.08. The summed E-state index contributed by atoms with van der Waals surface area (Å²) in [6, 6.07) is 21.5. The first-order valence-electron chi connectivity index (χ1n) is 18.8. The van der Waals surface area contributed by atoms with Crippen LogP contribution < -0.4 is 25.8 Å². The van der Waals surface area contributed by atoms with Gasteiger partial charge in [0.25, 0.3) is 0 Å². The van der Waals surface area contributed by atoms with Crippen molar-refractivity contribution < 1.29 is 13.6 Å². The number of amides is 1. The largest absolute Gasteiger partial charge is 0.367 e. The second-order valence-electron chi connectivity index (χ2n) is 15.6. The minimum Gasteiger partial charge on any atom is -0.367 e. The fraction of sp³-hybridized carbons (Fsp3) is 0.450. The SMILES string of the molecule is C[Si]1(C)CCN(c2c(F)cc(N3[C@@H](c4ccc(NC(=O)C5CCCN5)cc4)CC[C@@H]3c3ccc(-c4cnc([C@@H]5CCCN5)[nH]4)cc3)cc2F)CC1. The summed E-state index contributed by atoms with van der Waals surface area (Å²) in [6.45, 7) is 7.98. The number of halogens is 2. The Labute approximate surface area is 300 Å². The van der Waals surface area contributed by atoms with Crippen molar-refractivity contribution in [3.63, 3.8) is 0 Å². The number of aromatic amines is 1. The number of rotatable bonds is 8. The molecule has 3 aromatic carbocycles. The maximum atomic E-state index is 16.1. The lowest BCUT2D eigenvalue weighted by Gasteiger charge is -2.38. The predicted molar refractivity (Wildman–Crippen MR) is 203 cm³/mol. The maximum Gasteiger partial charge on any atom is 0.241 e. The monoisotopic (exact) mass is 709 g/mol. The summed E-state index contributed by atoms with van der Waals surface area (Å²) in [5.74, 6) is -0.0495. The van der Waals surface area contributed by atoms with E-state index in [-0.39, 0.29) is 35.8 Å². The topological polar surface area (TPSA) is 88.3 Å². The van der Waals surface area contributed by atoms with Gasteiger partial charge in [-0.15, -0.1) is 0 Å². The van der Waals surface area contributed by atoms with E-state index < -0.39 is 19.7 Å². The molecule has 4 atom stereocenters. The normalized spacial score (nSPS) is 24.7. The molecule has 4 aromatic rings. The molecule has 51 heavy (non-hydrogen) atoms. The van der Waals surface area contributed by atoms with E-state index in [1.807, 2.05) is 35.4 Å². The van der Waals surface area contributed by atoms with Gasteiger partial charge in [0, 0.05) is 24.5 Å². The van der Waals surface area contributed by atoms with Crippen molar-refractivity contribution in [2.24, 2.45) is 0 Å². The van der Waals surface area contributed by atoms with Gasteiger partial charge in [0.15, 0.2) is 11.6 Å². The van der Waals surface area contributed by atoms with E-state index in [4.69, 9.17) is 0 Å². The highest BCUT2D eigenvalue weighted by atomic mass is 28.3. The molecule has 1 amide bonds. The van der Waals surface area contributed by atoms with Gasteiger partial charge in [-0.25, -0.2) is 13.8 Å². The van der Waals surface area contributed by atoms with Crippen LogP contribution in [-0.2, 0) is 4.79 Å². The molecule has 5 heterocycles. The van der Waals surface area contributed by atoms with E-state index >= 15 is 8.78 Å². The number of nitrogens with zero attached hydrogens (tertiary/aromatic N) is 3. The Hall–Kier alpha value is -4.06. The molecular weight excluding hydrogens is 661 g/mol. The number of H-pyrrole nitrogens is 1. The molecule has 1 aromatic heterocycles. The number of carbonyl (C=O) groups is 1. The molecule has 1 unspecified atom stereocenters. The van der Waals surface area contributed by atoms with E-state index in [0.717, 1.165) is 97.6 Å². The van der Waals surface area contributed by atoms with E-state index in [1.165, 1.54) is 0 Å². The van der Waals surface area contributed by atoms with Gasteiger partial charge in [-0.2, -0.15) is 0 Å². The Morgan fingerprint density at radius 2 is 1.47 bits per heavy atom. The highest BCUT2D eigenvalue weighted by Crippen LogP contribution is 2.48. The smallest absolute Gasteiger partial charge is 0.241 e. The van der Waals surface area contributed by atoms with Crippen molar-refractivity contribution in [3.8, 4) is 11.3 Å². The Morgan fingerprint density at radius 1 is 0.843 bits per heavy atom. The molecular formula is C40H49F2N7OSi. The summed E-state index contributed by atoms with van der Waals surface area (Å²) in [4.78, 5) is 25.0. The van der Waals surface area contributed by atoms with Crippen molar-refractivity contribution >= 4 is 31.0 Å². The molecule has 4 aliphatic heterocycles. The van der Waals surface area contributed by atoms with Crippen LogP contribution in [0.4, 0.5) is 25.8 Å². The van der Waals surface area contributed by atoms with E-state index in [2.05, 4.69) is 68.2 Å². The summed E-state index contributed by atoms with van der Waals surface area (Å²) in [5.41, 5.74) is 5.56. The minimum atomic E-state index is -1.31. The Morgan fingerprint density at radius 3 is 2.08 bits per heavy atom. The lowest BCUT2D eigenvalue weighted by Crippen LogP contribution is -2.43. The molecule has 4 N–H and O–H groups in total. The third-order valence-electron chi connectivity index (χ3n) is 11.7. The fourth-order valence-corrected chi connectivity index (χ4v) is 10.6. The van der Waals surface area contributed by atoms with Gasteiger partial charge in [-0.3, -0.25) is 4.79 Å². The first-order chi connectivity index (χ1) is 24.7. The van der Waals surface area contributed by atoms with Gasteiger partial charge in [0.05, 0.1) is 44.1 Å². The summed E-state index contributed by atoms with van der Waals surface area (Å²) >= 11 is 0. The molecule has 4 aliphatic rings. The van der Waals surface area contributed by atoms with Crippen LogP contribution in [-0.4, -0.2) is 56.2 Å². The van der Waals surface area contributed by atoms with Gasteiger partial charge < -0.3 is 30.7 Å². The summed E-state index contributed by atoms with van der Waals surface area (Å²) in [6.07, 6.45) is 7.63. The highest BCUT2D eigenvalue weighted by Gasteiger charge is 2.37. The molecule has 0 bridgehead atoms. The molecule has 11 heteroatoms. The van der Waals surface area contributed by atoms with Crippen LogP contribution in [0.5, 0.6) is 0 Å². The van der Waals surface area contributed by atoms with Crippen LogP contribution in [0.2, 0.25) is 25.2 Å². The zero-order chi connectivity index (χ0) is 35.1. The molecule has 0 aliphatic carbocycles. The number of carbonyl (C=O) groups excluding carboxylic acids is 1. The summed E-state index contributed by atoms with van der Waals surface area (Å²) in [5, 5.41) is 9.80. The second-order valence-corrected chi connectivity index (χ2v) is 21.0. The molecule has 0 radical (unpaired) electrons. The summed E-state index contributed by atoms with van der Waals surface area (Å²) in [7, 11) is -1.31. The first-order valence-corrected chi connectivity index (χ1v) is 22.2. The number of imidazole rings is 1. The third kappa shape index (κ3) is 7.08. The number of anilines is 3. The third-order valence-corrected chi connectivity index (χ3v) is 14.8. The van der Waals surface area contributed by atoms with Crippen molar-refractivity contribution in [3.05, 3.63) is 95.4 Å². The first kappa shape index (κ1) is 34.0. The van der Waals surface area contributed by atoms with Crippen molar-refractivity contribution in [1.29, 1.82) is 0 Å². The van der Waals surface area contributed by atoms with E-state index in [0.29, 0.717) is 18.8 Å². The van der Waals surface area contributed by atoms with Crippen LogP contribution >= 0.6 is 0 Å². The predicted octanol–water partition coefficient (Wildman–Crippen LogP) is 8.08. The Kier molecular flexibility index (Phi) is 9.45. The quantitative estimate of drug-likeness (QED) is 0.139. The standard InChI is InChI=1S/C40H49F2N7OSi/c1-51(2)21-19-48(20-22-51)38-31(41)23-30(24-32(38)42)49-36(27-9-7-26(8-10-27)35-25-45-39(47-35)33-5-3-17-43-33)15-16-37(49)28-11-13-29(14-12-28)46-40(50)34-6-4-18-44-34/h7-14,23-25,33-34,36-37,43-44H,3-6,15-22H2,1-2H3,(H,45,47)(H,46,50)/t33-,34?,36+,37+/m0/s1. The molecule has 0 saturated carbocycles. The zero-order valence-corrected chi connectivity index (χ0v) is 30.7. The number of benzene rings is 3. The van der Waals surface area contributed by atoms with E-state index in [1.54, 1.807) is 12.1 Å². The van der Waals surface area contributed by atoms with Crippen LogP contribution in [0, 0.1) is 11.6 Å². The molecule has 4 saturated heterocycles. The lowest BCUT2D eigenvalue weighted by atomic mass is 10.0. The maximum absolute atomic E-state index is 16.1. The molecule has 8 nitrogen and oxygen atoms in total. The molecule has 268 valence electrons. The van der Waals surface area contributed by atoms with Crippen molar-refractivity contribution in [2.75, 3.05) is 41.3 Å². The van der Waals surface area contributed by atoms with Crippen LogP contribution in [0.1, 0.15) is 73.6 Å². The Bertz CT molecular complexity index is 1820. The van der Waals surface area contributed by atoms with E-state index in [9.17, 15) is 4.79 Å². The average Bonchev–Trinajstić information content (AvgIpc) is 3.96. The van der Waals surface area contributed by atoms with Gasteiger partial charge in [-0.1, -0.05) is 49.5 Å². The molecule has 0 spiro atoms. The number of nitrogens with one attached hydrogen (secondary N) is 4. The van der Waals surface area contributed by atoms with Crippen LogP contribution in [0.3, 0.4) is 0 Å². The van der Waals surface area contributed by atoms with Gasteiger partial charge in [0.1, 0.15) is 11.5 Å². The number of hydrogen-bond donors (Lipinski definition) is 4. The lowest BCUT2D eigenvalue weighted by molar-refractivity contribution is -0.117. The average molecular weight is 710 g/mol. The fourth-order valence-electron chi connectivity index (χ4n) is 8.55.